The van der Waals surface area contributed by atoms with Gasteiger partial charge in [0.1, 0.15) is 0 Å². The molecule has 112 valence electrons. The molecule has 3 N–H and O–H groups in total. The van der Waals surface area contributed by atoms with Gasteiger partial charge in [0.25, 0.3) is 0 Å². The first kappa shape index (κ1) is 16.5. The second kappa shape index (κ2) is 7.25. The summed E-state index contributed by atoms with van der Waals surface area (Å²) < 4.78 is 25.3. The topological polar surface area (TPSA) is 87.3 Å². The van der Waals surface area contributed by atoms with Crippen LogP contribution in [0.2, 0.25) is 0 Å². The van der Waals surface area contributed by atoms with E-state index in [4.69, 9.17) is 0 Å². The lowest BCUT2D eigenvalue weighted by atomic mass is 10.1. The van der Waals surface area contributed by atoms with Crippen LogP contribution in [0.4, 0.5) is 11.4 Å². The van der Waals surface area contributed by atoms with Crippen molar-refractivity contribution in [2.45, 2.75) is 13.8 Å². The number of nitrogens with one attached hydrogen (secondary N) is 3. The molecule has 7 heteroatoms. The standard InChI is InChI=1S/C13H21N3O3S/c1-4-20(18,19)16-12-7-5-11(6-8-12)15-13(17)10(2)9-14-3/h5-8,10,14,16H,4,9H2,1-3H3,(H,15,17). The molecule has 6 nitrogen and oxygen atoms in total. The highest BCUT2D eigenvalue weighted by Gasteiger charge is 2.12. The lowest BCUT2D eigenvalue weighted by Gasteiger charge is -2.12. The molecule has 1 amide bonds. The SMILES string of the molecule is CCS(=O)(=O)Nc1ccc(NC(=O)C(C)CNC)cc1. The van der Waals surface area contributed by atoms with Gasteiger partial charge in [0.05, 0.1) is 5.75 Å². The number of anilines is 2. The van der Waals surface area contributed by atoms with Gasteiger partial charge in [-0.25, -0.2) is 8.42 Å². The molecule has 0 bridgehead atoms. The highest BCUT2D eigenvalue weighted by Crippen LogP contribution is 2.15. The molecule has 0 heterocycles. The van der Waals surface area contributed by atoms with E-state index in [0.717, 1.165) is 0 Å². The summed E-state index contributed by atoms with van der Waals surface area (Å²) in [6.07, 6.45) is 0. The third-order valence-corrected chi connectivity index (χ3v) is 4.07. The van der Waals surface area contributed by atoms with E-state index in [1.165, 1.54) is 0 Å². The van der Waals surface area contributed by atoms with Gasteiger partial charge in [-0.3, -0.25) is 9.52 Å². The fourth-order valence-corrected chi connectivity index (χ4v) is 2.18. The molecule has 20 heavy (non-hydrogen) atoms. The molecule has 0 aromatic heterocycles. The van der Waals surface area contributed by atoms with Crippen LogP contribution in [0.25, 0.3) is 0 Å². The minimum absolute atomic E-state index is 0.0209. The third-order valence-electron chi connectivity index (χ3n) is 2.76. The number of benzene rings is 1. The van der Waals surface area contributed by atoms with E-state index in [-0.39, 0.29) is 17.6 Å². The highest BCUT2D eigenvalue weighted by atomic mass is 32.2. The summed E-state index contributed by atoms with van der Waals surface area (Å²) in [5.41, 5.74) is 1.12. The van der Waals surface area contributed by atoms with Gasteiger partial charge in [-0.15, -0.1) is 0 Å². The van der Waals surface area contributed by atoms with Crippen molar-refractivity contribution in [2.75, 3.05) is 29.4 Å². The van der Waals surface area contributed by atoms with Crippen molar-refractivity contribution in [1.29, 1.82) is 0 Å². The van der Waals surface area contributed by atoms with Crippen LogP contribution in [-0.2, 0) is 14.8 Å². The molecule has 1 rings (SSSR count). The lowest BCUT2D eigenvalue weighted by molar-refractivity contribution is -0.119. The van der Waals surface area contributed by atoms with E-state index >= 15 is 0 Å². The van der Waals surface area contributed by atoms with Crippen LogP contribution >= 0.6 is 0 Å². The van der Waals surface area contributed by atoms with Crippen molar-refractivity contribution in [3.05, 3.63) is 24.3 Å². The molecule has 0 aliphatic rings. The maximum absolute atomic E-state index is 11.8. The maximum atomic E-state index is 11.8. The molecule has 0 saturated heterocycles. The summed E-state index contributed by atoms with van der Waals surface area (Å²) in [5.74, 6) is -0.202. The Hall–Kier alpha value is -1.60. The summed E-state index contributed by atoms with van der Waals surface area (Å²) in [6, 6.07) is 6.56. The highest BCUT2D eigenvalue weighted by molar-refractivity contribution is 7.92. The predicted octanol–water partition coefficient (Wildman–Crippen LogP) is 1.24. The van der Waals surface area contributed by atoms with Gasteiger partial charge in [-0.1, -0.05) is 6.92 Å². The molecule has 0 spiro atoms. The van der Waals surface area contributed by atoms with E-state index < -0.39 is 10.0 Å². The first-order valence-corrected chi connectivity index (χ1v) is 8.09. The van der Waals surface area contributed by atoms with E-state index in [0.29, 0.717) is 17.9 Å². The predicted molar refractivity (Wildman–Crippen MR) is 81.2 cm³/mol. The van der Waals surface area contributed by atoms with Gasteiger partial charge < -0.3 is 10.6 Å². The largest absolute Gasteiger partial charge is 0.326 e. The number of rotatable bonds is 7. The minimum Gasteiger partial charge on any atom is -0.326 e. The van der Waals surface area contributed by atoms with Crippen molar-refractivity contribution in [1.82, 2.24) is 5.32 Å². The summed E-state index contributed by atoms with van der Waals surface area (Å²) in [5, 5.41) is 5.71. The van der Waals surface area contributed by atoms with E-state index in [9.17, 15) is 13.2 Å². The fourth-order valence-electron chi connectivity index (χ4n) is 1.54. The van der Waals surface area contributed by atoms with E-state index in [1.54, 1.807) is 38.2 Å². The Labute approximate surface area is 120 Å². The lowest BCUT2D eigenvalue weighted by Crippen LogP contribution is -2.28. The summed E-state index contributed by atoms with van der Waals surface area (Å²) in [6.45, 7) is 4.00. The normalized spacial score (nSPS) is 12.8. The molecule has 0 aliphatic heterocycles. The maximum Gasteiger partial charge on any atom is 0.232 e. The first-order chi connectivity index (χ1) is 9.38. The van der Waals surface area contributed by atoms with E-state index in [1.807, 2.05) is 6.92 Å². The van der Waals surface area contributed by atoms with Crippen LogP contribution in [0, 0.1) is 5.92 Å². The molecule has 1 aromatic rings. The van der Waals surface area contributed by atoms with Gasteiger partial charge in [0.15, 0.2) is 0 Å². The number of hydrogen-bond acceptors (Lipinski definition) is 4. The van der Waals surface area contributed by atoms with Crippen LogP contribution in [0.15, 0.2) is 24.3 Å². The van der Waals surface area contributed by atoms with Gasteiger partial charge >= 0.3 is 0 Å². The molecule has 1 aromatic carbocycles. The average molecular weight is 299 g/mol. The number of hydrogen-bond donors (Lipinski definition) is 3. The molecule has 0 radical (unpaired) electrons. The van der Waals surface area contributed by atoms with Crippen molar-refractivity contribution < 1.29 is 13.2 Å². The van der Waals surface area contributed by atoms with Crippen molar-refractivity contribution in [2.24, 2.45) is 5.92 Å². The van der Waals surface area contributed by atoms with Crippen LogP contribution in [0.3, 0.4) is 0 Å². The zero-order valence-electron chi connectivity index (χ0n) is 11.9. The molecule has 1 atom stereocenters. The zero-order chi connectivity index (χ0) is 15.2. The van der Waals surface area contributed by atoms with Crippen LogP contribution in [-0.4, -0.2) is 33.7 Å². The summed E-state index contributed by atoms with van der Waals surface area (Å²) in [4.78, 5) is 11.8. The molecule has 0 fully saturated rings. The zero-order valence-corrected chi connectivity index (χ0v) is 12.8. The Kier molecular flexibility index (Phi) is 5.97. The quantitative estimate of drug-likeness (QED) is 0.707. The number of carbonyl (C=O) groups is 1. The monoisotopic (exact) mass is 299 g/mol. The summed E-state index contributed by atoms with van der Waals surface area (Å²) in [7, 11) is -1.48. The van der Waals surface area contributed by atoms with E-state index in [2.05, 4.69) is 15.4 Å². The molecule has 0 saturated carbocycles. The second-order valence-electron chi connectivity index (χ2n) is 4.53. The average Bonchev–Trinajstić information content (AvgIpc) is 2.41. The number of carbonyl (C=O) groups excluding carboxylic acids is 1. The summed E-state index contributed by atoms with van der Waals surface area (Å²) >= 11 is 0. The van der Waals surface area contributed by atoms with Gasteiger partial charge in [0.2, 0.25) is 15.9 Å². The first-order valence-electron chi connectivity index (χ1n) is 6.44. The second-order valence-corrected chi connectivity index (χ2v) is 6.54. The Balaban J connectivity index is 2.65. The van der Waals surface area contributed by atoms with Gasteiger partial charge in [-0.2, -0.15) is 0 Å². The van der Waals surface area contributed by atoms with Crippen molar-refractivity contribution in [3.63, 3.8) is 0 Å². The number of amides is 1. The molecular formula is C13H21N3O3S. The Morgan fingerprint density at radius 3 is 2.25 bits per heavy atom. The van der Waals surface area contributed by atoms with Gasteiger partial charge in [0, 0.05) is 23.8 Å². The van der Waals surface area contributed by atoms with Crippen LogP contribution < -0.4 is 15.4 Å². The Morgan fingerprint density at radius 1 is 1.20 bits per heavy atom. The third kappa shape index (κ3) is 5.18. The molecule has 0 aliphatic carbocycles. The molecule has 1 unspecified atom stereocenters. The fraction of sp³-hybridized carbons (Fsp3) is 0.462. The Morgan fingerprint density at radius 2 is 1.75 bits per heavy atom. The molecular weight excluding hydrogens is 278 g/mol. The van der Waals surface area contributed by atoms with Crippen molar-refractivity contribution >= 4 is 27.3 Å². The number of sulfonamides is 1. The minimum atomic E-state index is -3.27. The Bertz CT molecular complexity index is 540. The van der Waals surface area contributed by atoms with Crippen molar-refractivity contribution in [3.8, 4) is 0 Å². The van der Waals surface area contributed by atoms with Crippen LogP contribution in [0.5, 0.6) is 0 Å². The van der Waals surface area contributed by atoms with Crippen LogP contribution in [0.1, 0.15) is 13.8 Å². The smallest absolute Gasteiger partial charge is 0.232 e. The van der Waals surface area contributed by atoms with Gasteiger partial charge in [-0.05, 0) is 38.2 Å².